The molecule has 4 nitrogen and oxygen atoms in total. The van der Waals surface area contributed by atoms with Gasteiger partial charge in [0.15, 0.2) is 0 Å². The van der Waals surface area contributed by atoms with Gasteiger partial charge in [-0.15, -0.1) is 11.3 Å². The van der Waals surface area contributed by atoms with Crippen LogP contribution in [0.15, 0.2) is 18.2 Å². The molecule has 1 aromatic carbocycles. The number of hydrogen-bond acceptors (Lipinski definition) is 4. The number of anilines is 1. The summed E-state index contributed by atoms with van der Waals surface area (Å²) < 4.78 is 0.954. The summed E-state index contributed by atoms with van der Waals surface area (Å²) in [6.45, 7) is 0. The van der Waals surface area contributed by atoms with E-state index in [9.17, 15) is 4.79 Å². The Balaban J connectivity index is 2.49. The predicted octanol–water partition coefficient (Wildman–Crippen LogP) is 2.34. The van der Waals surface area contributed by atoms with Crippen LogP contribution in [0.2, 0.25) is 5.02 Å². The van der Waals surface area contributed by atoms with Crippen LogP contribution in [-0.2, 0) is 0 Å². The van der Waals surface area contributed by atoms with Crippen LogP contribution in [0.1, 0.15) is 9.67 Å². The van der Waals surface area contributed by atoms with E-state index in [-0.39, 0.29) is 5.91 Å². The molecule has 0 saturated heterocycles. The Morgan fingerprint density at radius 2 is 2.18 bits per heavy atom. The summed E-state index contributed by atoms with van der Waals surface area (Å²) in [6.07, 6.45) is 0. The third kappa shape index (κ3) is 2.36. The monoisotopic (exact) mass is 269 g/mol. The largest absolute Gasteiger partial charge is 0.397 e. The molecule has 2 rings (SSSR count). The fraction of sp³-hybridized carbons (Fsp3) is 0.182. The number of hydrazine groups is 1. The SMILES string of the molecule is CN(C)NC(=O)c1sc2ccc(Cl)cc2c1N. The zero-order valence-electron chi connectivity index (χ0n) is 9.45. The molecule has 3 N–H and O–H groups in total. The molecule has 0 bridgehead atoms. The van der Waals surface area contributed by atoms with E-state index in [0.717, 1.165) is 10.1 Å². The maximum Gasteiger partial charge on any atom is 0.277 e. The molecular weight excluding hydrogens is 258 g/mol. The highest BCUT2D eigenvalue weighted by atomic mass is 35.5. The number of carbonyl (C=O) groups excluding carboxylic acids is 1. The van der Waals surface area contributed by atoms with E-state index < -0.39 is 0 Å². The van der Waals surface area contributed by atoms with Crippen molar-refractivity contribution in [2.75, 3.05) is 19.8 Å². The van der Waals surface area contributed by atoms with Gasteiger partial charge in [0.05, 0.1) is 5.69 Å². The standard InChI is InChI=1S/C11H12ClN3OS/c1-15(2)14-11(16)10-9(13)7-5-6(12)3-4-8(7)17-10/h3-5H,13H2,1-2H3,(H,14,16). The van der Waals surface area contributed by atoms with Gasteiger partial charge in [0.2, 0.25) is 0 Å². The smallest absolute Gasteiger partial charge is 0.277 e. The van der Waals surface area contributed by atoms with Gasteiger partial charge in [0.25, 0.3) is 5.91 Å². The second-order valence-corrected chi connectivity index (χ2v) is 5.31. The first-order valence-corrected chi connectivity index (χ1v) is 6.14. The molecule has 0 aliphatic carbocycles. The minimum Gasteiger partial charge on any atom is -0.397 e. The number of amides is 1. The first kappa shape index (κ1) is 12.2. The Morgan fingerprint density at radius 1 is 1.47 bits per heavy atom. The van der Waals surface area contributed by atoms with Crippen LogP contribution in [0.4, 0.5) is 5.69 Å². The zero-order chi connectivity index (χ0) is 12.6. The molecule has 1 aromatic heterocycles. The van der Waals surface area contributed by atoms with Crippen molar-refractivity contribution < 1.29 is 4.79 Å². The summed E-state index contributed by atoms with van der Waals surface area (Å²) in [5.41, 5.74) is 9.10. The normalized spacial score (nSPS) is 11.1. The predicted molar refractivity (Wildman–Crippen MR) is 72.4 cm³/mol. The lowest BCUT2D eigenvalue weighted by Crippen LogP contribution is -2.35. The molecule has 0 unspecified atom stereocenters. The number of hydrogen-bond donors (Lipinski definition) is 2. The fourth-order valence-electron chi connectivity index (χ4n) is 1.51. The van der Waals surface area contributed by atoms with Crippen molar-refractivity contribution in [2.45, 2.75) is 0 Å². The van der Waals surface area contributed by atoms with Crippen LogP contribution < -0.4 is 11.2 Å². The molecule has 0 spiro atoms. The van der Waals surface area contributed by atoms with Crippen molar-refractivity contribution >= 4 is 44.6 Å². The van der Waals surface area contributed by atoms with Crippen molar-refractivity contribution in [3.8, 4) is 0 Å². The van der Waals surface area contributed by atoms with E-state index in [1.54, 1.807) is 31.2 Å². The van der Waals surface area contributed by atoms with Gasteiger partial charge in [-0.3, -0.25) is 10.2 Å². The Kier molecular flexibility index (Phi) is 3.24. The molecule has 6 heteroatoms. The van der Waals surface area contributed by atoms with Gasteiger partial charge in [-0.05, 0) is 18.2 Å². The lowest BCUT2D eigenvalue weighted by molar-refractivity contribution is 0.0862. The minimum absolute atomic E-state index is 0.204. The summed E-state index contributed by atoms with van der Waals surface area (Å²) in [7, 11) is 3.50. The lowest BCUT2D eigenvalue weighted by Gasteiger charge is -2.10. The number of nitrogen functional groups attached to an aromatic ring is 1. The molecule has 2 aromatic rings. The maximum atomic E-state index is 11.9. The summed E-state index contributed by atoms with van der Waals surface area (Å²) in [4.78, 5) is 12.4. The quantitative estimate of drug-likeness (QED) is 0.823. The number of nitrogens with one attached hydrogen (secondary N) is 1. The van der Waals surface area contributed by atoms with Crippen LogP contribution in [0.3, 0.4) is 0 Å². The second-order valence-electron chi connectivity index (χ2n) is 3.82. The molecule has 0 saturated carbocycles. The molecule has 1 heterocycles. The average molecular weight is 270 g/mol. The summed E-state index contributed by atoms with van der Waals surface area (Å²) >= 11 is 7.26. The van der Waals surface area contributed by atoms with Crippen LogP contribution in [0, 0.1) is 0 Å². The molecular formula is C11H12ClN3OS. The minimum atomic E-state index is -0.204. The van der Waals surface area contributed by atoms with Crippen LogP contribution in [0.5, 0.6) is 0 Å². The maximum absolute atomic E-state index is 11.9. The van der Waals surface area contributed by atoms with Gasteiger partial charge < -0.3 is 5.73 Å². The van der Waals surface area contributed by atoms with Crippen molar-refractivity contribution in [1.82, 2.24) is 10.4 Å². The van der Waals surface area contributed by atoms with E-state index in [0.29, 0.717) is 15.6 Å². The molecule has 90 valence electrons. The van der Waals surface area contributed by atoms with E-state index in [1.165, 1.54) is 11.3 Å². The van der Waals surface area contributed by atoms with Gasteiger partial charge in [-0.2, -0.15) is 0 Å². The summed E-state index contributed by atoms with van der Waals surface area (Å²) in [6, 6.07) is 5.42. The van der Waals surface area contributed by atoms with Crippen LogP contribution >= 0.6 is 22.9 Å². The van der Waals surface area contributed by atoms with Gasteiger partial charge >= 0.3 is 0 Å². The number of fused-ring (bicyclic) bond motifs is 1. The number of benzene rings is 1. The molecule has 0 aliphatic heterocycles. The van der Waals surface area contributed by atoms with E-state index >= 15 is 0 Å². The van der Waals surface area contributed by atoms with Crippen molar-refractivity contribution in [1.29, 1.82) is 0 Å². The number of rotatable bonds is 2. The number of nitrogens with zero attached hydrogens (tertiary/aromatic N) is 1. The molecule has 0 fully saturated rings. The summed E-state index contributed by atoms with van der Waals surface area (Å²) in [5.74, 6) is -0.204. The van der Waals surface area contributed by atoms with E-state index in [2.05, 4.69) is 5.43 Å². The number of carbonyl (C=O) groups is 1. The highest BCUT2D eigenvalue weighted by molar-refractivity contribution is 7.21. The van der Waals surface area contributed by atoms with Gasteiger partial charge in [0.1, 0.15) is 4.88 Å². The number of halogens is 1. The highest BCUT2D eigenvalue weighted by Crippen LogP contribution is 2.35. The fourth-order valence-corrected chi connectivity index (χ4v) is 2.68. The Labute approximate surface area is 108 Å². The van der Waals surface area contributed by atoms with E-state index in [4.69, 9.17) is 17.3 Å². The average Bonchev–Trinajstić information content (AvgIpc) is 2.55. The van der Waals surface area contributed by atoms with E-state index in [1.807, 2.05) is 6.07 Å². The Bertz CT molecular complexity index is 579. The molecule has 17 heavy (non-hydrogen) atoms. The molecule has 0 aliphatic rings. The molecule has 0 radical (unpaired) electrons. The lowest BCUT2D eigenvalue weighted by atomic mass is 10.2. The van der Waals surface area contributed by atoms with Crippen molar-refractivity contribution in [3.63, 3.8) is 0 Å². The van der Waals surface area contributed by atoms with Gasteiger partial charge in [-0.25, -0.2) is 5.01 Å². The van der Waals surface area contributed by atoms with Crippen molar-refractivity contribution in [3.05, 3.63) is 28.1 Å². The Hall–Kier alpha value is -1.30. The highest BCUT2D eigenvalue weighted by Gasteiger charge is 2.16. The number of thiophene rings is 1. The first-order valence-electron chi connectivity index (χ1n) is 4.95. The van der Waals surface area contributed by atoms with Gasteiger partial charge in [0, 0.05) is 29.2 Å². The van der Waals surface area contributed by atoms with Crippen LogP contribution in [-0.4, -0.2) is 25.0 Å². The second kappa shape index (κ2) is 4.52. The Morgan fingerprint density at radius 3 is 2.82 bits per heavy atom. The number of nitrogens with two attached hydrogens (primary N) is 1. The molecule has 1 amide bonds. The third-order valence-electron chi connectivity index (χ3n) is 2.22. The summed E-state index contributed by atoms with van der Waals surface area (Å²) in [5, 5.41) is 3.02. The first-order chi connectivity index (χ1) is 7.99. The third-order valence-corrected chi connectivity index (χ3v) is 3.64. The van der Waals surface area contributed by atoms with Crippen molar-refractivity contribution in [2.24, 2.45) is 0 Å². The van der Waals surface area contributed by atoms with Crippen LogP contribution in [0.25, 0.3) is 10.1 Å². The molecule has 0 atom stereocenters. The zero-order valence-corrected chi connectivity index (χ0v) is 11.0. The topological polar surface area (TPSA) is 58.4 Å². The van der Waals surface area contributed by atoms with Gasteiger partial charge in [-0.1, -0.05) is 11.6 Å².